The molecular formula is C21H23N7O2. The standard InChI is InChI=1S/C21H23N7O2/c1-13-12-18-26(2)21(30)15(10-11-27(18)24-13)22-20(29)19-23-17-9-8-16(28(17)25-19)14-6-4-3-5-7-14/h3-7,12,15-16H,8-11H2,1-2H3,(H,22,29)/t15-,16?/m0/s1. The molecule has 0 fully saturated rings. The average Bonchev–Trinajstić information content (AvgIpc) is 3.42. The molecule has 0 spiro atoms. The molecule has 2 atom stereocenters. The zero-order valence-corrected chi connectivity index (χ0v) is 16.9. The third-order valence-corrected chi connectivity index (χ3v) is 5.81. The van der Waals surface area contributed by atoms with Gasteiger partial charge in [-0.25, -0.2) is 14.3 Å². The minimum absolute atomic E-state index is 0.0844. The van der Waals surface area contributed by atoms with Crippen molar-refractivity contribution in [2.24, 2.45) is 0 Å². The largest absolute Gasteiger partial charge is 0.337 e. The maximum absolute atomic E-state index is 12.9. The Balaban J connectivity index is 1.33. The molecule has 0 aliphatic carbocycles. The van der Waals surface area contributed by atoms with Crippen LogP contribution in [0.3, 0.4) is 0 Å². The Labute approximate surface area is 173 Å². The maximum Gasteiger partial charge on any atom is 0.291 e. The van der Waals surface area contributed by atoms with Gasteiger partial charge in [-0.05, 0) is 25.3 Å². The van der Waals surface area contributed by atoms with Gasteiger partial charge < -0.3 is 5.32 Å². The first-order chi connectivity index (χ1) is 14.5. The number of benzene rings is 1. The first-order valence-electron chi connectivity index (χ1n) is 10.1. The fourth-order valence-corrected chi connectivity index (χ4v) is 4.29. The first-order valence-corrected chi connectivity index (χ1v) is 10.1. The topological polar surface area (TPSA) is 97.9 Å². The molecule has 0 bridgehead atoms. The lowest BCUT2D eigenvalue weighted by atomic mass is 10.1. The van der Waals surface area contributed by atoms with Crippen LogP contribution in [0, 0.1) is 6.92 Å². The van der Waals surface area contributed by atoms with Gasteiger partial charge in [0, 0.05) is 26.1 Å². The molecule has 5 rings (SSSR count). The lowest BCUT2D eigenvalue weighted by Crippen LogP contribution is -2.47. The number of hydrogen-bond acceptors (Lipinski definition) is 5. The Morgan fingerprint density at radius 2 is 1.97 bits per heavy atom. The number of carbonyl (C=O) groups excluding carboxylic acids is 2. The molecule has 154 valence electrons. The van der Waals surface area contributed by atoms with Crippen molar-refractivity contribution in [3.05, 3.63) is 59.3 Å². The Kier molecular flexibility index (Phi) is 4.38. The Morgan fingerprint density at radius 3 is 2.77 bits per heavy atom. The zero-order chi connectivity index (χ0) is 20.8. The molecule has 9 heteroatoms. The summed E-state index contributed by atoms with van der Waals surface area (Å²) in [6.07, 6.45) is 2.15. The molecular weight excluding hydrogens is 382 g/mol. The number of amides is 2. The van der Waals surface area contributed by atoms with E-state index >= 15 is 0 Å². The minimum Gasteiger partial charge on any atom is -0.337 e. The Bertz CT molecular complexity index is 1120. The van der Waals surface area contributed by atoms with E-state index < -0.39 is 11.9 Å². The summed E-state index contributed by atoms with van der Waals surface area (Å²) in [5.74, 6) is 1.05. The first kappa shape index (κ1) is 18.5. The van der Waals surface area contributed by atoms with Gasteiger partial charge in [0.05, 0.1) is 11.7 Å². The van der Waals surface area contributed by atoms with Gasteiger partial charge in [0.25, 0.3) is 11.8 Å². The molecule has 2 aromatic heterocycles. The van der Waals surface area contributed by atoms with Crippen LogP contribution in [0.4, 0.5) is 5.82 Å². The van der Waals surface area contributed by atoms with E-state index in [1.807, 2.05) is 35.9 Å². The van der Waals surface area contributed by atoms with E-state index in [1.165, 1.54) is 0 Å². The molecule has 2 amide bonds. The van der Waals surface area contributed by atoms with Crippen molar-refractivity contribution in [3.8, 4) is 0 Å². The summed E-state index contributed by atoms with van der Waals surface area (Å²) in [6.45, 7) is 2.44. The summed E-state index contributed by atoms with van der Waals surface area (Å²) in [7, 11) is 1.70. The van der Waals surface area contributed by atoms with E-state index in [0.29, 0.717) is 13.0 Å². The number of aromatic nitrogens is 5. The van der Waals surface area contributed by atoms with E-state index in [0.717, 1.165) is 35.7 Å². The number of nitrogens with one attached hydrogen (secondary N) is 1. The van der Waals surface area contributed by atoms with Crippen LogP contribution in [0.2, 0.25) is 0 Å². The van der Waals surface area contributed by atoms with Gasteiger partial charge in [-0.2, -0.15) is 5.10 Å². The molecule has 0 radical (unpaired) electrons. The molecule has 30 heavy (non-hydrogen) atoms. The SMILES string of the molecule is Cc1cc2n(n1)CC[C@H](NC(=O)c1nc3n(n1)C(c1ccccc1)CC3)C(=O)N2C. The second kappa shape index (κ2) is 7.08. The van der Waals surface area contributed by atoms with Crippen LogP contribution in [0.25, 0.3) is 0 Å². The molecule has 1 unspecified atom stereocenters. The van der Waals surface area contributed by atoms with Gasteiger partial charge in [0.1, 0.15) is 17.7 Å². The lowest BCUT2D eigenvalue weighted by Gasteiger charge is -2.20. The van der Waals surface area contributed by atoms with Crippen molar-refractivity contribution in [1.29, 1.82) is 0 Å². The Hall–Kier alpha value is -3.49. The maximum atomic E-state index is 12.9. The van der Waals surface area contributed by atoms with Crippen molar-refractivity contribution in [1.82, 2.24) is 29.9 Å². The normalized spacial score (nSPS) is 20.6. The van der Waals surface area contributed by atoms with Crippen LogP contribution >= 0.6 is 0 Å². The molecule has 2 aliphatic rings. The van der Waals surface area contributed by atoms with Gasteiger partial charge in [0.15, 0.2) is 0 Å². The summed E-state index contributed by atoms with van der Waals surface area (Å²) >= 11 is 0. The van der Waals surface area contributed by atoms with Gasteiger partial charge >= 0.3 is 0 Å². The van der Waals surface area contributed by atoms with E-state index in [9.17, 15) is 9.59 Å². The van der Waals surface area contributed by atoms with Crippen molar-refractivity contribution in [2.45, 2.75) is 44.8 Å². The molecule has 4 heterocycles. The number of fused-ring (bicyclic) bond motifs is 2. The predicted molar refractivity (Wildman–Crippen MR) is 109 cm³/mol. The number of nitrogens with zero attached hydrogens (tertiary/aromatic N) is 6. The van der Waals surface area contributed by atoms with Crippen molar-refractivity contribution in [2.75, 3.05) is 11.9 Å². The molecule has 0 saturated carbocycles. The highest BCUT2D eigenvalue weighted by atomic mass is 16.2. The van der Waals surface area contributed by atoms with Gasteiger partial charge in [-0.15, -0.1) is 5.10 Å². The number of likely N-dealkylation sites (N-methyl/N-ethyl adjacent to an activating group) is 1. The van der Waals surface area contributed by atoms with Gasteiger partial charge in [0.2, 0.25) is 5.82 Å². The summed E-state index contributed by atoms with van der Waals surface area (Å²) in [5, 5.41) is 11.7. The van der Waals surface area contributed by atoms with Crippen LogP contribution in [-0.4, -0.2) is 49.4 Å². The van der Waals surface area contributed by atoms with Crippen molar-refractivity contribution >= 4 is 17.6 Å². The fraction of sp³-hybridized carbons (Fsp3) is 0.381. The molecule has 0 saturated heterocycles. The van der Waals surface area contributed by atoms with E-state index in [1.54, 1.807) is 16.6 Å². The third-order valence-electron chi connectivity index (χ3n) is 5.81. The lowest BCUT2D eigenvalue weighted by molar-refractivity contribution is -0.120. The van der Waals surface area contributed by atoms with E-state index in [-0.39, 0.29) is 17.8 Å². The zero-order valence-electron chi connectivity index (χ0n) is 16.9. The highest BCUT2D eigenvalue weighted by molar-refractivity contribution is 6.00. The van der Waals surface area contributed by atoms with Crippen molar-refractivity contribution < 1.29 is 9.59 Å². The van der Waals surface area contributed by atoms with Crippen LogP contribution in [0.15, 0.2) is 36.4 Å². The van der Waals surface area contributed by atoms with Crippen LogP contribution in [0.1, 0.15) is 46.6 Å². The van der Waals surface area contributed by atoms with Gasteiger partial charge in [-0.1, -0.05) is 30.3 Å². The van der Waals surface area contributed by atoms with Crippen LogP contribution in [0.5, 0.6) is 0 Å². The predicted octanol–water partition coefficient (Wildman–Crippen LogP) is 1.48. The highest BCUT2D eigenvalue weighted by Gasteiger charge is 2.33. The monoisotopic (exact) mass is 405 g/mol. The molecule has 3 aromatic rings. The minimum atomic E-state index is -0.646. The number of hydrogen-bond donors (Lipinski definition) is 1. The quantitative estimate of drug-likeness (QED) is 0.712. The number of anilines is 1. The highest BCUT2D eigenvalue weighted by Crippen LogP contribution is 2.30. The number of rotatable bonds is 3. The summed E-state index contributed by atoms with van der Waals surface area (Å²) in [5.41, 5.74) is 2.01. The van der Waals surface area contributed by atoms with Gasteiger partial charge in [-0.3, -0.25) is 14.5 Å². The summed E-state index contributed by atoms with van der Waals surface area (Å²) in [4.78, 5) is 31.7. The average molecular weight is 405 g/mol. The molecule has 1 aromatic carbocycles. The van der Waals surface area contributed by atoms with Crippen LogP contribution < -0.4 is 10.2 Å². The van der Waals surface area contributed by atoms with Crippen LogP contribution in [-0.2, 0) is 17.8 Å². The van der Waals surface area contributed by atoms with E-state index in [2.05, 4.69) is 32.6 Å². The fourth-order valence-electron chi connectivity index (χ4n) is 4.29. The van der Waals surface area contributed by atoms with E-state index in [4.69, 9.17) is 0 Å². The second-order valence-electron chi connectivity index (χ2n) is 7.84. The molecule has 2 aliphatic heterocycles. The molecule has 1 N–H and O–H groups in total. The smallest absolute Gasteiger partial charge is 0.291 e. The Morgan fingerprint density at radius 1 is 1.17 bits per heavy atom. The van der Waals surface area contributed by atoms with Crippen molar-refractivity contribution in [3.63, 3.8) is 0 Å². The summed E-state index contributed by atoms with van der Waals surface area (Å²) < 4.78 is 3.64. The second-order valence-corrected chi connectivity index (χ2v) is 7.84. The number of aryl methyl sites for hydroxylation is 3. The summed E-state index contributed by atoms with van der Waals surface area (Å²) in [6, 6.07) is 11.4. The number of carbonyl (C=O) groups is 2. The third kappa shape index (κ3) is 3.06. The molecule has 9 nitrogen and oxygen atoms in total.